The van der Waals surface area contributed by atoms with Crippen LogP contribution in [0.4, 0.5) is 11.4 Å². The fourth-order valence-electron chi connectivity index (χ4n) is 2.46. The SMILES string of the molecule is Cc1ccccc1N1N=C(C(=O)Nc2ccccc2Cl)CCC1=O. The predicted molar refractivity (Wildman–Crippen MR) is 95.4 cm³/mol. The highest BCUT2D eigenvalue weighted by Gasteiger charge is 2.26. The molecule has 0 aliphatic carbocycles. The van der Waals surface area contributed by atoms with Crippen LogP contribution >= 0.6 is 11.6 Å². The van der Waals surface area contributed by atoms with Crippen molar-refractivity contribution in [2.24, 2.45) is 5.10 Å². The largest absolute Gasteiger partial charge is 0.320 e. The van der Waals surface area contributed by atoms with E-state index in [-0.39, 0.29) is 18.2 Å². The third-order valence-electron chi connectivity index (χ3n) is 3.76. The molecule has 5 nitrogen and oxygen atoms in total. The minimum Gasteiger partial charge on any atom is -0.320 e. The van der Waals surface area contributed by atoms with Crippen molar-refractivity contribution in [3.8, 4) is 0 Å². The molecule has 24 heavy (non-hydrogen) atoms. The first-order valence-corrected chi connectivity index (χ1v) is 7.96. The second-order valence-corrected chi connectivity index (χ2v) is 5.88. The summed E-state index contributed by atoms with van der Waals surface area (Å²) in [5.74, 6) is -0.479. The quantitative estimate of drug-likeness (QED) is 0.923. The van der Waals surface area contributed by atoms with Crippen molar-refractivity contribution in [1.29, 1.82) is 0 Å². The van der Waals surface area contributed by atoms with E-state index in [1.165, 1.54) is 5.01 Å². The van der Waals surface area contributed by atoms with Gasteiger partial charge in [-0.05, 0) is 30.7 Å². The van der Waals surface area contributed by atoms with Crippen LogP contribution in [0, 0.1) is 6.92 Å². The normalized spacial score (nSPS) is 14.3. The van der Waals surface area contributed by atoms with Crippen LogP contribution in [-0.2, 0) is 9.59 Å². The summed E-state index contributed by atoms with van der Waals surface area (Å²) in [4.78, 5) is 24.6. The van der Waals surface area contributed by atoms with Gasteiger partial charge < -0.3 is 5.32 Å². The fraction of sp³-hybridized carbons (Fsp3) is 0.167. The van der Waals surface area contributed by atoms with E-state index in [0.717, 1.165) is 5.56 Å². The third kappa shape index (κ3) is 3.31. The smallest absolute Gasteiger partial charge is 0.271 e. The highest BCUT2D eigenvalue weighted by Crippen LogP contribution is 2.25. The lowest BCUT2D eigenvalue weighted by molar-refractivity contribution is -0.118. The third-order valence-corrected chi connectivity index (χ3v) is 4.09. The Kier molecular flexibility index (Phi) is 4.62. The van der Waals surface area contributed by atoms with Crippen LogP contribution in [-0.4, -0.2) is 17.5 Å². The van der Waals surface area contributed by atoms with E-state index in [0.29, 0.717) is 28.5 Å². The molecule has 6 heteroatoms. The van der Waals surface area contributed by atoms with Crippen molar-refractivity contribution in [3.05, 3.63) is 59.1 Å². The number of carbonyl (C=O) groups excluding carboxylic acids is 2. The molecule has 1 aliphatic heterocycles. The molecule has 0 radical (unpaired) electrons. The lowest BCUT2D eigenvalue weighted by Crippen LogP contribution is -2.36. The van der Waals surface area contributed by atoms with Crippen LogP contribution in [0.1, 0.15) is 18.4 Å². The Hall–Kier alpha value is -2.66. The Morgan fingerprint density at radius 3 is 2.58 bits per heavy atom. The molecule has 0 bridgehead atoms. The van der Waals surface area contributed by atoms with E-state index in [1.807, 2.05) is 31.2 Å². The van der Waals surface area contributed by atoms with Gasteiger partial charge in [-0.25, -0.2) is 5.01 Å². The summed E-state index contributed by atoms with van der Waals surface area (Å²) in [5.41, 5.74) is 2.43. The molecule has 3 rings (SSSR count). The summed E-state index contributed by atoms with van der Waals surface area (Å²) in [7, 11) is 0. The zero-order valence-electron chi connectivity index (χ0n) is 13.1. The monoisotopic (exact) mass is 341 g/mol. The Morgan fingerprint density at radius 1 is 1.12 bits per heavy atom. The number of aryl methyl sites for hydroxylation is 1. The molecule has 0 unspecified atom stereocenters. The topological polar surface area (TPSA) is 61.8 Å². The molecule has 0 aromatic heterocycles. The van der Waals surface area contributed by atoms with Gasteiger partial charge >= 0.3 is 0 Å². The zero-order chi connectivity index (χ0) is 17.1. The van der Waals surface area contributed by atoms with Crippen LogP contribution in [0.3, 0.4) is 0 Å². The van der Waals surface area contributed by atoms with Crippen molar-refractivity contribution in [1.82, 2.24) is 0 Å². The lowest BCUT2D eigenvalue weighted by atomic mass is 10.1. The van der Waals surface area contributed by atoms with Crippen molar-refractivity contribution in [2.75, 3.05) is 10.3 Å². The molecule has 1 heterocycles. The molecule has 1 aliphatic rings. The number of nitrogens with zero attached hydrogens (tertiary/aromatic N) is 2. The summed E-state index contributed by atoms with van der Waals surface area (Å²) < 4.78 is 0. The Morgan fingerprint density at radius 2 is 1.83 bits per heavy atom. The standard InChI is InChI=1S/C18H16ClN3O2/c1-12-6-2-5-9-16(12)22-17(23)11-10-15(21-22)18(24)20-14-8-4-3-7-13(14)19/h2-9H,10-11H2,1H3,(H,20,24). The number of anilines is 2. The van der Waals surface area contributed by atoms with Gasteiger partial charge in [0, 0.05) is 12.8 Å². The van der Waals surface area contributed by atoms with E-state index in [9.17, 15) is 9.59 Å². The number of para-hydroxylation sites is 2. The minimum absolute atomic E-state index is 0.126. The zero-order valence-corrected chi connectivity index (χ0v) is 13.9. The Balaban J connectivity index is 1.87. The van der Waals surface area contributed by atoms with Gasteiger partial charge in [-0.15, -0.1) is 0 Å². The Labute approximate surface area is 144 Å². The van der Waals surface area contributed by atoms with E-state index in [2.05, 4.69) is 10.4 Å². The van der Waals surface area contributed by atoms with Gasteiger partial charge in [0.05, 0.1) is 16.4 Å². The molecule has 0 spiro atoms. The van der Waals surface area contributed by atoms with E-state index >= 15 is 0 Å². The summed E-state index contributed by atoms with van der Waals surface area (Å²) in [6, 6.07) is 14.4. The highest BCUT2D eigenvalue weighted by atomic mass is 35.5. The van der Waals surface area contributed by atoms with E-state index in [4.69, 9.17) is 11.6 Å². The van der Waals surface area contributed by atoms with E-state index < -0.39 is 0 Å². The molecule has 1 N–H and O–H groups in total. The second-order valence-electron chi connectivity index (χ2n) is 5.47. The lowest BCUT2D eigenvalue weighted by Gasteiger charge is -2.24. The van der Waals surface area contributed by atoms with Gasteiger partial charge in [-0.2, -0.15) is 5.10 Å². The molecule has 0 fully saturated rings. The average Bonchev–Trinajstić information content (AvgIpc) is 2.58. The van der Waals surface area contributed by atoms with Crippen LogP contribution in [0.2, 0.25) is 5.02 Å². The predicted octanol–water partition coefficient (Wildman–Crippen LogP) is 3.77. The number of hydrazone groups is 1. The van der Waals surface area contributed by atoms with Crippen molar-refractivity contribution in [3.63, 3.8) is 0 Å². The summed E-state index contributed by atoms with van der Waals surface area (Å²) in [6.07, 6.45) is 0.542. The summed E-state index contributed by atoms with van der Waals surface area (Å²) in [6.45, 7) is 1.90. The first-order valence-electron chi connectivity index (χ1n) is 7.58. The number of amides is 2. The summed E-state index contributed by atoms with van der Waals surface area (Å²) >= 11 is 6.06. The minimum atomic E-state index is -0.353. The second kappa shape index (κ2) is 6.84. The molecular weight excluding hydrogens is 326 g/mol. The molecule has 2 aromatic rings. The molecule has 2 amide bonds. The van der Waals surface area contributed by atoms with Gasteiger partial charge in [0.1, 0.15) is 5.71 Å². The van der Waals surface area contributed by atoms with E-state index in [1.54, 1.807) is 24.3 Å². The maximum Gasteiger partial charge on any atom is 0.271 e. The first-order chi connectivity index (χ1) is 11.6. The van der Waals surface area contributed by atoms with Crippen molar-refractivity contribution >= 4 is 40.5 Å². The molecule has 122 valence electrons. The van der Waals surface area contributed by atoms with Crippen LogP contribution in [0.5, 0.6) is 0 Å². The molecule has 2 aromatic carbocycles. The number of rotatable bonds is 3. The summed E-state index contributed by atoms with van der Waals surface area (Å²) in [5, 5.41) is 8.77. The number of hydrogen-bond acceptors (Lipinski definition) is 3. The molecular formula is C18H16ClN3O2. The van der Waals surface area contributed by atoms with Gasteiger partial charge in [0.15, 0.2) is 0 Å². The number of hydrogen-bond donors (Lipinski definition) is 1. The number of halogens is 1. The van der Waals surface area contributed by atoms with Gasteiger partial charge in [-0.1, -0.05) is 41.9 Å². The van der Waals surface area contributed by atoms with Crippen LogP contribution in [0.25, 0.3) is 0 Å². The van der Waals surface area contributed by atoms with Crippen LogP contribution < -0.4 is 10.3 Å². The number of nitrogens with one attached hydrogen (secondary N) is 1. The van der Waals surface area contributed by atoms with Gasteiger partial charge in [0.25, 0.3) is 5.91 Å². The fourth-order valence-corrected chi connectivity index (χ4v) is 2.65. The first kappa shape index (κ1) is 16.2. The number of benzene rings is 2. The van der Waals surface area contributed by atoms with Crippen molar-refractivity contribution < 1.29 is 9.59 Å². The number of carbonyl (C=O) groups is 2. The maximum absolute atomic E-state index is 12.4. The molecule has 0 atom stereocenters. The molecule has 0 saturated heterocycles. The van der Waals surface area contributed by atoms with Crippen molar-refractivity contribution in [2.45, 2.75) is 19.8 Å². The van der Waals surface area contributed by atoms with Crippen LogP contribution in [0.15, 0.2) is 53.6 Å². The maximum atomic E-state index is 12.4. The average molecular weight is 342 g/mol. The van der Waals surface area contributed by atoms with Gasteiger partial charge in [0.2, 0.25) is 5.91 Å². The van der Waals surface area contributed by atoms with Gasteiger partial charge in [-0.3, -0.25) is 9.59 Å². The Bertz CT molecular complexity index is 833. The highest BCUT2D eigenvalue weighted by molar-refractivity contribution is 6.45. The molecule has 0 saturated carbocycles.